The van der Waals surface area contributed by atoms with Gasteiger partial charge in [-0.05, 0) is 37.3 Å². The highest BCUT2D eigenvalue weighted by atomic mass is 16.5. The second-order valence-corrected chi connectivity index (χ2v) is 5.65. The predicted molar refractivity (Wildman–Crippen MR) is 94.2 cm³/mol. The van der Waals surface area contributed by atoms with Gasteiger partial charge < -0.3 is 15.2 Å². The van der Waals surface area contributed by atoms with Crippen molar-refractivity contribution in [3.05, 3.63) is 54.0 Å². The van der Waals surface area contributed by atoms with Crippen LogP contribution in [0.2, 0.25) is 0 Å². The van der Waals surface area contributed by atoms with Gasteiger partial charge in [-0.1, -0.05) is 0 Å². The summed E-state index contributed by atoms with van der Waals surface area (Å²) in [5.74, 6) is -0.194. The summed E-state index contributed by atoms with van der Waals surface area (Å²) in [6, 6.07) is 9.00. The van der Waals surface area contributed by atoms with Crippen molar-refractivity contribution in [2.45, 2.75) is 20.1 Å². The third-order valence-electron chi connectivity index (χ3n) is 3.96. The van der Waals surface area contributed by atoms with Crippen molar-refractivity contribution in [2.24, 2.45) is 0 Å². The van der Waals surface area contributed by atoms with Gasteiger partial charge in [0.25, 0.3) is 11.8 Å². The number of anilines is 1. The largest absolute Gasteiger partial charge is 0.487 e. The highest BCUT2D eigenvalue weighted by molar-refractivity contribution is 6.17. The van der Waals surface area contributed by atoms with Gasteiger partial charge in [0, 0.05) is 24.5 Å². The second-order valence-electron chi connectivity index (χ2n) is 5.65. The first-order valence-corrected chi connectivity index (χ1v) is 8.31. The molecule has 1 aromatic heterocycles. The van der Waals surface area contributed by atoms with Crippen LogP contribution < -0.4 is 10.1 Å². The highest BCUT2D eigenvalue weighted by Gasteiger charge is 2.30. The molecule has 1 aromatic carbocycles. The van der Waals surface area contributed by atoms with E-state index in [0.29, 0.717) is 18.0 Å². The van der Waals surface area contributed by atoms with Crippen molar-refractivity contribution in [3.8, 4) is 5.75 Å². The van der Waals surface area contributed by atoms with Crippen LogP contribution in [0.3, 0.4) is 0 Å². The lowest BCUT2D eigenvalue weighted by atomic mass is 10.3. The Balaban J connectivity index is 1.59. The van der Waals surface area contributed by atoms with Crippen LogP contribution in [0.25, 0.3) is 0 Å². The topological polar surface area (TPSA) is 96.7 Å². The Kier molecular flexibility index (Phi) is 5.33. The fourth-order valence-corrected chi connectivity index (χ4v) is 2.62. The number of carbonyl (C=O) groups excluding carboxylic acids is 2. The number of aliphatic hydroxyl groups is 1. The lowest BCUT2D eigenvalue weighted by Crippen LogP contribution is -2.34. The number of nitrogens with one attached hydrogen (secondary N) is 1. The molecule has 0 saturated heterocycles. The number of β-amino-alcohol motifs (C(OH)–C–C–N with tert-alkyl or cyclic N) is 1. The number of ether oxygens (including phenoxy) is 1. The molecule has 0 spiro atoms. The van der Waals surface area contributed by atoms with Gasteiger partial charge in [0.05, 0.1) is 18.8 Å². The molecule has 0 saturated carbocycles. The van der Waals surface area contributed by atoms with Gasteiger partial charge in [-0.2, -0.15) is 5.10 Å². The number of hydrogen-bond donors (Lipinski definition) is 2. The fourth-order valence-electron chi connectivity index (χ4n) is 2.62. The smallest absolute Gasteiger partial charge is 0.277 e. The number of amides is 2. The molecule has 1 aliphatic heterocycles. The van der Waals surface area contributed by atoms with Gasteiger partial charge in [0.15, 0.2) is 0 Å². The minimum Gasteiger partial charge on any atom is -0.487 e. The summed E-state index contributed by atoms with van der Waals surface area (Å²) in [5.41, 5.74) is 1.83. The number of rotatable bonds is 8. The molecule has 0 fully saturated rings. The van der Waals surface area contributed by atoms with Crippen molar-refractivity contribution in [1.82, 2.24) is 14.7 Å². The van der Waals surface area contributed by atoms with E-state index in [-0.39, 0.29) is 18.8 Å². The summed E-state index contributed by atoms with van der Waals surface area (Å²) in [6.07, 6.45) is 2.97. The van der Waals surface area contributed by atoms with E-state index in [1.807, 2.05) is 17.7 Å². The maximum atomic E-state index is 12.1. The Labute approximate surface area is 150 Å². The molecule has 26 heavy (non-hydrogen) atoms. The third kappa shape index (κ3) is 3.75. The van der Waals surface area contributed by atoms with Gasteiger partial charge in [-0.15, -0.1) is 0 Å². The Morgan fingerprint density at radius 1 is 1.19 bits per heavy atom. The average Bonchev–Trinajstić information content (AvgIpc) is 3.21. The lowest BCUT2D eigenvalue weighted by Gasteiger charge is -2.13. The molecule has 1 aliphatic rings. The number of aliphatic hydroxyl groups excluding tert-OH is 1. The van der Waals surface area contributed by atoms with Crippen LogP contribution in [0, 0.1) is 0 Å². The summed E-state index contributed by atoms with van der Waals surface area (Å²) in [6.45, 7) is 2.93. The Hall–Kier alpha value is -3.13. The number of nitrogens with zero attached hydrogens (tertiary/aromatic N) is 3. The van der Waals surface area contributed by atoms with E-state index in [0.717, 1.165) is 17.1 Å². The number of carbonyl (C=O) groups is 2. The van der Waals surface area contributed by atoms with Gasteiger partial charge in [0.1, 0.15) is 18.1 Å². The number of hydrogen-bond acceptors (Lipinski definition) is 6. The van der Waals surface area contributed by atoms with Crippen LogP contribution in [-0.2, 0) is 22.7 Å². The second kappa shape index (κ2) is 7.83. The molecule has 8 heteroatoms. The van der Waals surface area contributed by atoms with Gasteiger partial charge in [-0.3, -0.25) is 19.2 Å². The van der Waals surface area contributed by atoms with Crippen molar-refractivity contribution in [1.29, 1.82) is 0 Å². The molecule has 0 radical (unpaired) electrons. The molecule has 2 amide bonds. The van der Waals surface area contributed by atoms with E-state index >= 15 is 0 Å². The van der Waals surface area contributed by atoms with Crippen LogP contribution >= 0.6 is 0 Å². The summed E-state index contributed by atoms with van der Waals surface area (Å²) in [4.78, 5) is 24.8. The zero-order valence-electron chi connectivity index (χ0n) is 14.4. The lowest BCUT2D eigenvalue weighted by molar-refractivity contribution is -0.137. The molecular formula is C18H20N4O4. The van der Waals surface area contributed by atoms with Crippen LogP contribution in [0.1, 0.15) is 12.6 Å². The molecule has 2 N–H and O–H groups in total. The first-order chi connectivity index (χ1) is 12.6. The van der Waals surface area contributed by atoms with Crippen molar-refractivity contribution < 1.29 is 19.4 Å². The molecule has 136 valence electrons. The summed E-state index contributed by atoms with van der Waals surface area (Å²) >= 11 is 0. The molecule has 2 aromatic rings. The van der Waals surface area contributed by atoms with Gasteiger partial charge in [0.2, 0.25) is 0 Å². The minimum absolute atomic E-state index is 0.0134. The zero-order valence-corrected chi connectivity index (χ0v) is 14.4. The normalized spacial score (nSPS) is 13.9. The summed E-state index contributed by atoms with van der Waals surface area (Å²) < 4.78 is 7.61. The van der Waals surface area contributed by atoms with Crippen LogP contribution in [0.15, 0.2) is 48.3 Å². The molecule has 2 heterocycles. The number of aryl methyl sites for hydroxylation is 1. The minimum atomic E-state index is -0.447. The monoisotopic (exact) mass is 356 g/mol. The summed E-state index contributed by atoms with van der Waals surface area (Å²) in [5, 5.41) is 16.0. The average molecular weight is 356 g/mol. The first-order valence-electron chi connectivity index (χ1n) is 8.31. The van der Waals surface area contributed by atoms with Gasteiger partial charge >= 0.3 is 0 Å². The molecular weight excluding hydrogens is 336 g/mol. The molecule has 3 rings (SSSR count). The molecule has 0 unspecified atom stereocenters. The standard InChI is InChI=1S/C18H20N4O4/c1-2-22-14(7-8-19-22)12-26-15-5-3-13(4-6-15)20-16-11-17(24)21(9-10-23)18(16)25/h3-8,11,20,23H,2,9-10,12H2,1H3. The SMILES string of the molecule is CCn1nccc1COc1ccc(NC2=CC(=O)N(CCO)C2=O)cc1. The molecule has 8 nitrogen and oxygen atoms in total. The third-order valence-corrected chi connectivity index (χ3v) is 3.96. The Morgan fingerprint density at radius 3 is 2.65 bits per heavy atom. The zero-order chi connectivity index (χ0) is 18.5. The summed E-state index contributed by atoms with van der Waals surface area (Å²) in [7, 11) is 0. The van der Waals surface area contributed by atoms with Crippen molar-refractivity contribution >= 4 is 17.5 Å². The van der Waals surface area contributed by atoms with Crippen LogP contribution in [0.5, 0.6) is 5.75 Å². The van der Waals surface area contributed by atoms with Crippen molar-refractivity contribution in [2.75, 3.05) is 18.5 Å². The Morgan fingerprint density at radius 2 is 1.96 bits per heavy atom. The van der Waals surface area contributed by atoms with E-state index in [2.05, 4.69) is 10.4 Å². The highest BCUT2D eigenvalue weighted by Crippen LogP contribution is 2.20. The van der Waals surface area contributed by atoms with E-state index in [1.54, 1.807) is 30.5 Å². The fraction of sp³-hybridized carbons (Fsp3) is 0.278. The van der Waals surface area contributed by atoms with E-state index in [9.17, 15) is 9.59 Å². The molecule has 0 aliphatic carbocycles. The van der Waals surface area contributed by atoms with Gasteiger partial charge in [-0.25, -0.2) is 0 Å². The Bertz CT molecular complexity index is 826. The van der Waals surface area contributed by atoms with E-state index < -0.39 is 11.8 Å². The maximum Gasteiger partial charge on any atom is 0.277 e. The van der Waals surface area contributed by atoms with E-state index in [4.69, 9.17) is 9.84 Å². The van der Waals surface area contributed by atoms with Crippen molar-refractivity contribution in [3.63, 3.8) is 0 Å². The quantitative estimate of drug-likeness (QED) is 0.689. The molecule has 0 atom stereocenters. The van der Waals surface area contributed by atoms with Crippen LogP contribution in [-0.4, -0.2) is 44.8 Å². The number of benzene rings is 1. The van der Waals surface area contributed by atoms with Crippen LogP contribution in [0.4, 0.5) is 5.69 Å². The number of aromatic nitrogens is 2. The maximum absolute atomic E-state index is 12.1. The molecule has 0 bridgehead atoms. The predicted octanol–water partition coefficient (Wildman–Crippen LogP) is 1.14. The number of imide groups is 1. The van der Waals surface area contributed by atoms with E-state index in [1.165, 1.54) is 6.08 Å². The first kappa shape index (κ1) is 17.7.